The molecule has 0 bridgehead atoms. The van der Waals surface area contributed by atoms with Crippen LogP contribution in [0.15, 0.2) is 48.7 Å². The van der Waals surface area contributed by atoms with Gasteiger partial charge in [-0.2, -0.15) is 10.4 Å². The summed E-state index contributed by atoms with van der Waals surface area (Å²) in [6.07, 6.45) is 1.76. The summed E-state index contributed by atoms with van der Waals surface area (Å²) < 4.78 is 5.72. The number of rotatable bonds is 3. The molecule has 0 saturated heterocycles. The molecule has 0 amide bonds. The van der Waals surface area contributed by atoms with Crippen molar-refractivity contribution in [1.29, 1.82) is 5.26 Å². The van der Waals surface area contributed by atoms with Gasteiger partial charge >= 0.3 is 0 Å². The highest BCUT2D eigenvalue weighted by molar-refractivity contribution is 5.79. The van der Waals surface area contributed by atoms with E-state index in [-0.39, 0.29) is 0 Å². The van der Waals surface area contributed by atoms with Crippen LogP contribution in [0.4, 0.5) is 0 Å². The molecule has 0 saturated carbocycles. The first kappa shape index (κ1) is 11.3. The fraction of sp³-hybridized carbons (Fsp3) is 0.0667. The van der Waals surface area contributed by atoms with Crippen molar-refractivity contribution in [2.24, 2.45) is 0 Å². The third-order valence-corrected chi connectivity index (χ3v) is 2.94. The Hall–Kier alpha value is -2.80. The first-order valence-electron chi connectivity index (χ1n) is 5.91. The minimum Gasteiger partial charge on any atom is -0.489 e. The SMILES string of the molecule is N#Cc1ccccc1COc1ccc2[nH]ncc2c1. The quantitative estimate of drug-likeness (QED) is 0.776. The monoisotopic (exact) mass is 249 g/mol. The molecule has 0 aliphatic rings. The number of benzene rings is 2. The Morgan fingerprint density at radius 1 is 1.21 bits per heavy atom. The molecule has 1 heterocycles. The second-order valence-corrected chi connectivity index (χ2v) is 4.18. The average Bonchev–Trinajstić information content (AvgIpc) is 2.93. The predicted octanol–water partition coefficient (Wildman–Crippen LogP) is 3.01. The summed E-state index contributed by atoms with van der Waals surface area (Å²) in [5.41, 5.74) is 2.51. The molecule has 4 nitrogen and oxygen atoms in total. The number of H-pyrrole nitrogens is 1. The van der Waals surface area contributed by atoms with E-state index in [4.69, 9.17) is 10.00 Å². The van der Waals surface area contributed by atoms with E-state index in [1.54, 1.807) is 12.3 Å². The zero-order valence-corrected chi connectivity index (χ0v) is 10.1. The molecule has 0 aliphatic heterocycles. The largest absolute Gasteiger partial charge is 0.489 e. The molecule has 0 spiro atoms. The van der Waals surface area contributed by atoms with Crippen LogP contribution in [0.5, 0.6) is 5.75 Å². The lowest BCUT2D eigenvalue weighted by Crippen LogP contribution is -1.97. The Bertz CT molecular complexity index is 755. The number of hydrogen-bond acceptors (Lipinski definition) is 3. The summed E-state index contributed by atoms with van der Waals surface area (Å²) in [6, 6.07) is 15.3. The highest BCUT2D eigenvalue weighted by atomic mass is 16.5. The molecule has 3 rings (SSSR count). The van der Waals surface area contributed by atoms with Crippen LogP contribution in [0.1, 0.15) is 11.1 Å². The summed E-state index contributed by atoms with van der Waals surface area (Å²) in [4.78, 5) is 0. The van der Waals surface area contributed by atoms with E-state index >= 15 is 0 Å². The van der Waals surface area contributed by atoms with Gasteiger partial charge in [-0.05, 0) is 24.3 Å². The molecule has 1 N–H and O–H groups in total. The molecule has 2 aromatic carbocycles. The highest BCUT2D eigenvalue weighted by Crippen LogP contribution is 2.20. The standard InChI is InChI=1S/C15H11N3O/c16-8-11-3-1-2-4-12(11)10-19-14-5-6-15-13(7-14)9-17-18-15/h1-7,9H,10H2,(H,17,18). The number of hydrogen-bond donors (Lipinski definition) is 1. The number of ether oxygens (including phenoxy) is 1. The van der Waals surface area contributed by atoms with Crippen molar-refractivity contribution in [2.45, 2.75) is 6.61 Å². The highest BCUT2D eigenvalue weighted by Gasteiger charge is 2.03. The molecule has 0 aliphatic carbocycles. The van der Waals surface area contributed by atoms with Gasteiger partial charge in [0.25, 0.3) is 0 Å². The third kappa shape index (κ3) is 2.26. The number of nitrogens with one attached hydrogen (secondary N) is 1. The average molecular weight is 249 g/mol. The van der Waals surface area contributed by atoms with Crippen LogP contribution in [0.3, 0.4) is 0 Å². The third-order valence-electron chi connectivity index (χ3n) is 2.94. The Kier molecular flexibility index (Phi) is 2.87. The minimum absolute atomic E-state index is 0.382. The maximum Gasteiger partial charge on any atom is 0.120 e. The fourth-order valence-electron chi connectivity index (χ4n) is 1.93. The van der Waals surface area contributed by atoms with Gasteiger partial charge in [0, 0.05) is 10.9 Å². The molecule has 3 aromatic rings. The van der Waals surface area contributed by atoms with Crippen LogP contribution in [0, 0.1) is 11.3 Å². The molecule has 4 heteroatoms. The lowest BCUT2D eigenvalue weighted by atomic mass is 10.1. The van der Waals surface area contributed by atoms with Crippen LogP contribution in [-0.2, 0) is 6.61 Å². The van der Waals surface area contributed by atoms with E-state index < -0.39 is 0 Å². The lowest BCUT2D eigenvalue weighted by molar-refractivity contribution is 0.306. The van der Waals surface area contributed by atoms with Gasteiger partial charge in [0.15, 0.2) is 0 Å². The molecular formula is C15H11N3O. The van der Waals surface area contributed by atoms with Crippen molar-refractivity contribution in [3.05, 3.63) is 59.8 Å². The molecule has 0 unspecified atom stereocenters. The van der Waals surface area contributed by atoms with Crippen molar-refractivity contribution >= 4 is 10.9 Å². The lowest BCUT2D eigenvalue weighted by Gasteiger charge is -2.07. The number of nitrogens with zero attached hydrogens (tertiary/aromatic N) is 2. The number of fused-ring (bicyclic) bond motifs is 1. The maximum absolute atomic E-state index is 9.01. The minimum atomic E-state index is 0.382. The van der Waals surface area contributed by atoms with Crippen molar-refractivity contribution < 1.29 is 4.74 Å². The molecule has 0 atom stereocenters. The van der Waals surface area contributed by atoms with Gasteiger partial charge in [0.1, 0.15) is 12.4 Å². The molecule has 19 heavy (non-hydrogen) atoms. The van der Waals surface area contributed by atoms with E-state index in [9.17, 15) is 0 Å². The summed E-state index contributed by atoms with van der Waals surface area (Å²) >= 11 is 0. The van der Waals surface area contributed by atoms with Crippen molar-refractivity contribution in [2.75, 3.05) is 0 Å². The summed E-state index contributed by atoms with van der Waals surface area (Å²) in [5.74, 6) is 0.765. The van der Waals surface area contributed by atoms with E-state index in [0.717, 1.165) is 22.2 Å². The normalized spacial score (nSPS) is 10.3. The van der Waals surface area contributed by atoms with Crippen molar-refractivity contribution in [3.8, 4) is 11.8 Å². The Morgan fingerprint density at radius 3 is 3.00 bits per heavy atom. The summed E-state index contributed by atoms with van der Waals surface area (Å²) in [5, 5.41) is 16.9. The molecule has 1 aromatic heterocycles. The van der Waals surface area contributed by atoms with E-state index in [0.29, 0.717) is 12.2 Å². The van der Waals surface area contributed by atoms with Crippen LogP contribution >= 0.6 is 0 Å². The van der Waals surface area contributed by atoms with Crippen LogP contribution in [0.2, 0.25) is 0 Å². The summed E-state index contributed by atoms with van der Waals surface area (Å²) in [7, 11) is 0. The number of nitriles is 1. The van der Waals surface area contributed by atoms with Crippen molar-refractivity contribution in [3.63, 3.8) is 0 Å². The molecule has 0 fully saturated rings. The van der Waals surface area contributed by atoms with Gasteiger partial charge in [0.2, 0.25) is 0 Å². The molecular weight excluding hydrogens is 238 g/mol. The van der Waals surface area contributed by atoms with Gasteiger partial charge in [-0.15, -0.1) is 0 Å². The molecule has 92 valence electrons. The van der Waals surface area contributed by atoms with Gasteiger partial charge in [-0.1, -0.05) is 18.2 Å². The Morgan fingerprint density at radius 2 is 2.11 bits per heavy atom. The van der Waals surface area contributed by atoms with Gasteiger partial charge < -0.3 is 4.74 Å². The fourth-order valence-corrected chi connectivity index (χ4v) is 1.93. The predicted molar refractivity (Wildman–Crippen MR) is 71.6 cm³/mol. The number of aromatic amines is 1. The molecule has 0 radical (unpaired) electrons. The zero-order valence-electron chi connectivity index (χ0n) is 10.1. The number of aromatic nitrogens is 2. The Labute approximate surface area is 110 Å². The maximum atomic E-state index is 9.01. The van der Waals surface area contributed by atoms with Gasteiger partial charge in [0.05, 0.1) is 23.3 Å². The smallest absolute Gasteiger partial charge is 0.120 e. The first-order chi connectivity index (χ1) is 9.36. The topological polar surface area (TPSA) is 61.7 Å². The van der Waals surface area contributed by atoms with Gasteiger partial charge in [-0.25, -0.2) is 0 Å². The Balaban J connectivity index is 1.80. The second kappa shape index (κ2) is 4.83. The van der Waals surface area contributed by atoms with Crippen LogP contribution < -0.4 is 4.74 Å². The van der Waals surface area contributed by atoms with Crippen molar-refractivity contribution in [1.82, 2.24) is 10.2 Å². The van der Waals surface area contributed by atoms with E-state index in [2.05, 4.69) is 16.3 Å². The van der Waals surface area contributed by atoms with Crippen LogP contribution in [-0.4, -0.2) is 10.2 Å². The van der Waals surface area contributed by atoms with E-state index in [1.807, 2.05) is 36.4 Å². The van der Waals surface area contributed by atoms with Crippen LogP contribution in [0.25, 0.3) is 10.9 Å². The van der Waals surface area contributed by atoms with E-state index in [1.165, 1.54) is 0 Å². The second-order valence-electron chi connectivity index (χ2n) is 4.18. The zero-order chi connectivity index (χ0) is 13.1. The summed E-state index contributed by atoms with van der Waals surface area (Å²) in [6.45, 7) is 0.382. The first-order valence-corrected chi connectivity index (χ1v) is 5.91. The van der Waals surface area contributed by atoms with Gasteiger partial charge in [-0.3, -0.25) is 5.10 Å².